The third kappa shape index (κ3) is 60.0. The van der Waals surface area contributed by atoms with E-state index in [1.165, 1.54) is 7.11 Å². The Morgan fingerprint density at radius 3 is 1.77 bits per heavy atom. The van der Waals surface area contributed by atoms with Gasteiger partial charge in [0.1, 0.15) is 6.61 Å². The molecule has 0 aromatic rings. The molecule has 0 bridgehead atoms. The van der Waals surface area contributed by atoms with Crippen LogP contribution >= 0.6 is 0 Å². The first-order valence-electron chi connectivity index (χ1n) is 2.43. The Bertz CT molecular complexity index is 39.7. The van der Waals surface area contributed by atoms with Crippen LogP contribution in [0, 0.1) is 31.1 Å². The summed E-state index contributed by atoms with van der Waals surface area (Å²) in [5.74, 6) is 0. The Labute approximate surface area is 112 Å². The maximum absolute atomic E-state index is 8.25. The largest absolute Gasteiger partial charge is 0.857 e. The third-order valence-corrected chi connectivity index (χ3v) is 0.423. The van der Waals surface area contributed by atoms with Crippen LogP contribution in [0.4, 0.5) is 0 Å². The normalized spacial score (nSPS) is 6.00. The summed E-state index contributed by atoms with van der Waals surface area (Å²) in [6, 6.07) is 0. The van der Waals surface area contributed by atoms with Gasteiger partial charge in [0.25, 0.3) is 0 Å². The van der Waals surface area contributed by atoms with E-state index in [0.29, 0.717) is 6.61 Å². The molecule has 0 rings (SSSR count). The van der Waals surface area contributed by atoms with Crippen LogP contribution in [0.1, 0.15) is 0 Å². The van der Waals surface area contributed by atoms with Crippen LogP contribution in [-0.2, 0) is 33.2 Å². The van der Waals surface area contributed by atoms with E-state index in [0.717, 1.165) is 7.11 Å². The Morgan fingerprint density at radius 1 is 1.15 bits per heavy atom. The molecule has 1 radical (unpaired) electrons. The van der Waals surface area contributed by atoms with Gasteiger partial charge in [-0.3, -0.25) is 0 Å². The van der Waals surface area contributed by atoms with E-state index in [2.05, 4.69) is 14.7 Å². The second-order valence-electron chi connectivity index (χ2n) is 0.889. The molecular formula is C4H12O7UV-2. The SMILES string of the molecule is COCCOOO.C[O-].[O-]O.[U].[V]. The zero-order valence-corrected chi connectivity index (χ0v) is 12.9. The van der Waals surface area contributed by atoms with Crippen molar-refractivity contribution in [3.63, 3.8) is 0 Å². The topological polar surface area (TPSA) is 114 Å². The number of ether oxygens (including phenoxy) is 1. The van der Waals surface area contributed by atoms with Gasteiger partial charge in [0.05, 0.1) is 6.61 Å². The van der Waals surface area contributed by atoms with Crippen molar-refractivity contribution >= 4 is 0 Å². The molecule has 7 nitrogen and oxygen atoms in total. The van der Waals surface area contributed by atoms with Crippen molar-refractivity contribution in [1.29, 1.82) is 0 Å². The summed E-state index contributed by atoms with van der Waals surface area (Å²) in [6.45, 7) is 0.660. The van der Waals surface area contributed by atoms with Crippen LogP contribution in [0.3, 0.4) is 0 Å². The fourth-order valence-electron chi connectivity index (χ4n) is 0.155. The van der Waals surface area contributed by atoms with Gasteiger partial charge in [-0.05, 0) is 0 Å². The summed E-state index contributed by atoms with van der Waals surface area (Å²) in [6.07, 6.45) is 0. The maximum atomic E-state index is 8.25. The molecule has 0 spiro atoms. The predicted molar refractivity (Wildman–Crippen MR) is 30.1 cm³/mol. The molecular weight excluding hydrogens is 449 g/mol. The maximum Gasteiger partial charge on any atom is 0.109 e. The van der Waals surface area contributed by atoms with E-state index in [1.807, 2.05) is 0 Å². The van der Waals surface area contributed by atoms with Gasteiger partial charge in [-0.15, -0.1) is 0 Å². The molecule has 0 atom stereocenters. The van der Waals surface area contributed by atoms with Gasteiger partial charge in [0.2, 0.25) is 0 Å². The second kappa shape index (κ2) is 50.5. The zero-order chi connectivity index (χ0) is 9.54. The minimum Gasteiger partial charge on any atom is -0.857 e. The van der Waals surface area contributed by atoms with Crippen molar-refractivity contribution in [2.75, 3.05) is 27.4 Å². The number of hydrogen-bond donors (Lipinski definition) is 2. The Balaban J connectivity index is -0.0000000315. The predicted octanol–water partition coefficient (Wildman–Crippen LogP) is -2.15. The molecule has 81 valence electrons. The minimum atomic E-state index is 0. The molecule has 0 amide bonds. The Hall–Kier alpha value is 1.36. The first kappa shape index (κ1) is 29.3. The summed E-state index contributed by atoms with van der Waals surface area (Å²) in [7, 11) is 2.28. The number of methoxy groups -OCH3 is 1. The van der Waals surface area contributed by atoms with Crippen molar-refractivity contribution in [1.82, 2.24) is 0 Å². The smallest absolute Gasteiger partial charge is 0.109 e. The molecule has 0 saturated heterocycles. The standard InChI is InChI=1S/C3H8O4.CH3O.H2O2.U.V/c1-5-2-3-6-7-4;2*1-2;;/h4H,2-3H2,1H3;1H3;1-2H;;/q;-1;;;/p-1. The van der Waals surface area contributed by atoms with E-state index in [4.69, 9.17) is 20.9 Å². The van der Waals surface area contributed by atoms with Crippen molar-refractivity contribution in [3.8, 4) is 0 Å². The fourth-order valence-corrected chi connectivity index (χ4v) is 0.155. The first-order chi connectivity index (χ1) is 5.41. The molecule has 0 aliphatic heterocycles. The summed E-state index contributed by atoms with van der Waals surface area (Å²) in [4.78, 5) is 4.00. The average Bonchev–Trinajstić information content (AvgIpc) is 2.13. The minimum absolute atomic E-state index is 0. The third-order valence-electron chi connectivity index (χ3n) is 0.423. The van der Waals surface area contributed by atoms with Crippen LogP contribution in [0.15, 0.2) is 0 Å². The van der Waals surface area contributed by atoms with Crippen LogP contribution < -0.4 is 10.4 Å². The molecule has 0 aromatic carbocycles. The molecule has 2 N–H and O–H groups in total. The van der Waals surface area contributed by atoms with Gasteiger partial charge in [-0.25, -0.2) is 10.1 Å². The van der Waals surface area contributed by atoms with Crippen molar-refractivity contribution in [2.24, 2.45) is 0 Å². The summed E-state index contributed by atoms with van der Waals surface area (Å²) in [5.41, 5.74) is 0. The van der Waals surface area contributed by atoms with Crippen molar-refractivity contribution < 1.29 is 85.2 Å². The quantitative estimate of drug-likeness (QED) is 0.279. The second-order valence-corrected chi connectivity index (χ2v) is 0.889. The summed E-state index contributed by atoms with van der Waals surface area (Å²) in [5, 5.41) is 32.0. The van der Waals surface area contributed by atoms with Crippen LogP contribution in [-0.4, -0.2) is 37.9 Å². The molecule has 0 aromatic heterocycles. The molecule has 13 heavy (non-hydrogen) atoms. The van der Waals surface area contributed by atoms with Gasteiger partial charge in [-0.1, -0.05) is 5.04 Å². The molecule has 0 aliphatic rings. The molecule has 0 fully saturated rings. The van der Waals surface area contributed by atoms with Gasteiger partial charge < -0.3 is 20.4 Å². The van der Waals surface area contributed by atoms with Gasteiger partial charge in [0.15, 0.2) is 0 Å². The van der Waals surface area contributed by atoms with Crippen molar-refractivity contribution in [2.45, 2.75) is 0 Å². The number of hydrogen-bond acceptors (Lipinski definition) is 7. The van der Waals surface area contributed by atoms with Crippen LogP contribution in [0.5, 0.6) is 0 Å². The van der Waals surface area contributed by atoms with Crippen molar-refractivity contribution in [3.05, 3.63) is 0 Å². The van der Waals surface area contributed by atoms with E-state index in [1.54, 1.807) is 0 Å². The molecule has 0 unspecified atom stereocenters. The summed E-state index contributed by atoms with van der Waals surface area (Å²) >= 11 is 0. The van der Waals surface area contributed by atoms with E-state index in [-0.39, 0.29) is 56.3 Å². The average molecular weight is 461 g/mol. The molecule has 9 heteroatoms. The molecule has 0 aliphatic carbocycles. The summed E-state index contributed by atoms with van der Waals surface area (Å²) < 4.78 is 4.53. The van der Waals surface area contributed by atoms with E-state index in [9.17, 15) is 0 Å². The van der Waals surface area contributed by atoms with Crippen LogP contribution in [0.2, 0.25) is 0 Å². The zero-order valence-electron chi connectivity index (χ0n) is 7.30. The Kier molecular flexibility index (Phi) is 114. The van der Waals surface area contributed by atoms with Gasteiger partial charge >= 0.3 is 0 Å². The molecule has 0 heterocycles. The van der Waals surface area contributed by atoms with E-state index >= 15 is 0 Å². The van der Waals surface area contributed by atoms with Gasteiger partial charge in [-0.2, -0.15) is 7.11 Å². The van der Waals surface area contributed by atoms with Crippen LogP contribution in [0.25, 0.3) is 0 Å². The number of rotatable bonds is 4. The Morgan fingerprint density at radius 2 is 1.54 bits per heavy atom. The molecule has 0 saturated carbocycles. The van der Waals surface area contributed by atoms with Gasteiger partial charge in [0, 0.05) is 56.8 Å². The monoisotopic (exact) mass is 461 g/mol. The fraction of sp³-hybridized carbons (Fsp3) is 1.00. The van der Waals surface area contributed by atoms with E-state index < -0.39 is 0 Å². The first-order valence-corrected chi connectivity index (χ1v) is 2.43.